The maximum Gasteiger partial charge on any atom is 0.131 e. The van der Waals surface area contributed by atoms with Gasteiger partial charge in [-0.3, -0.25) is 0 Å². The molecule has 1 unspecified atom stereocenters. The van der Waals surface area contributed by atoms with Crippen LogP contribution in [0.15, 0.2) is 48.2 Å². The third-order valence-electron chi connectivity index (χ3n) is 5.15. The van der Waals surface area contributed by atoms with Crippen molar-refractivity contribution in [2.24, 2.45) is 0 Å². The highest BCUT2D eigenvalue weighted by Gasteiger charge is 2.32. The minimum absolute atomic E-state index is 0.152. The highest BCUT2D eigenvalue weighted by atomic mass is 35.5. The highest BCUT2D eigenvalue weighted by Crippen LogP contribution is 2.43. The first kappa shape index (κ1) is 20.9. The molecule has 28 heavy (non-hydrogen) atoms. The van der Waals surface area contributed by atoms with Gasteiger partial charge in [0.15, 0.2) is 0 Å². The molecule has 1 heterocycles. The van der Waals surface area contributed by atoms with Crippen LogP contribution in [0.4, 0.5) is 11.4 Å². The van der Waals surface area contributed by atoms with E-state index in [0.717, 1.165) is 48.5 Å². The van der Waals surface area contributed by atoms with Gasteiger partial charge in [0.05, 0.1) is 5.69 Å². The Bertz CT molecular complexity index is 841. The van der Waals surface area contributed by atoms with Crippen molar-refractivity contribution in [2.45, 2.75) is 46.6 Å². The number of aryl methyl sites for hydroxylation is 1. The summed E-state index contributed by atoms with van der Waals surface area (Å²) >= 11 is 13.1. The number of allylic oxidation sites excluding steroid dienone is 1. The van der Waals surface area contributed by atoms with E-state index in [1.54, 1.807) is 0 Å². The van der Waals surface area contributed by atoms with E-state index in [2.05, 4.69) is 56.9 Å². The Kier molecular flexibility index (Phi) is 6.79. The van der Waals surface area contributed by atoms with Gasteiger partial charge in [-0.25, -0.2) is 0 Å². The Balaban J connectivity index is 2.02. The lowest BCUT2D eigenvalue weighted by molar-refractivity contribution is 0.185. The molecular formula is C23H28Cl2N2O. The molecule has 3 nitrogen and oxygen atoms in total. The molecule has 1 aliphatic heterocycles. The zero-order chi connectivity index (χ0) is 20.3. The van der Waals surface area contributed by atoms with Crippen LogP contribution in [0.2, 0.25) is 10.0 Å². The minimum Gasteiger partial charge on any atom is -0.383 e. The van der Waals surface area contributed by atoms with Crippen LogP contribution < -0.4 is 9.96 Å². The molecule has 2 aromatic carbocycles. The lowest BCUT2D eigenvalue weighted by Crippen LogP contribution is -2.25. The molecule has 2 aromatic rings. The summed E-state index contributed by atoms with van der Waals surface area (Å²) in [6.45, 7) is 10.6. The third kappa shape index (κ3) is 4.11. The van der Waals surface area contributed by atoms with Crippen LogP contribution in [0.5, 0.6) is 0 Å². The third-order valence-corrected chi connectivity index (χ3v) is 5.81. The Morgan fingerprint density at radius 3 is 2.29 bits per heavy atom. The molecule has 0 spiro atoms. The van der Waals surface area contributed by atoms with E-state index < -0.39 is 0 Å². The number of halogens is 2. The van der Waals surface area contributed by atoms with Crippen molar-refractivity contribution in [2.75, 3.05) is 23.1 Å². The molecule has 0 fully saturated rings. The minimum atomic E-state index is -0.152. The van der Waals surface area contributed by atoms with E-state index in [-0.39, 0.29) is 6.04 Å². The van der Waals surface area contributed by atoms with E-state index in [0.29, 0.717) is 10.0 Å². The van der Waals surface area contributed by atoms with E-state index in [9.17, 15) is 0 Å². The van der Waals surface area contributed by atoms with Gasteiger partial charge in [0.1, 0.15) is 11.8 Å². The Morgan fingerprint density at radius 1 is 1.04 bits per heavy atom. The number of hydrogen-bond donors (Lipinski definition) is 0. The number of rotatable bonds is 7. The van der Waals surface area contributed by atoms with Crippen LogP contribution in [0.1, 0.15) is 50.8 Å². The van der Waals surface area contributed by atoms with E-state index in [1.807, 2.05) is 23.3 Å². The van der Waals surface area contributed by atoms with Crippen LogP contribution in [0, 0.1) is 6.92 Å². The van der Waals surface area contributed by atoms with Gasteiger partial charge in [0.25, 0.3) is 0 Å². The first-order valence-electron chi connectivity index (χ1n) is 9.97. The van der Waals surface area contributed by atoms with Gasteiger partial charge in [-0.05, 0) is 69.2 Å². The topological polar surface area (TPSA) is 15.7 Å². The molecule has 0 radical (unpaired) electrons. The molecule has 150 valence electrons. The highest BCUT2D eigenvalue weighted by molar-refractivity contribution is 6.36. The first-order chi connectivity index (χ1) is 13.5. The van der Waals surface area contributed by atoms with Crippen molar-refractivity contribution in [3.8, 4) is 0 Å². The van der Waals surface area contributed by atoms with Gasteiger partial charge in [0, 0.05) is 40.8 Å². The van der Waals surface area contributed by atoms with Crippen LogP contribution >= 0.6 is 23.2 Å². The fourth-order valence-corrected chi connectivity index (χ4v) is 4.32. The average Bonchev–Trinajstić information content (AvgIpc) is 3.06. The predicted octanol–water partition coefficient (Wildman–Crippen LogP) is 7.32. The molecule has 1 aliphatic rings. The predicted molar refractivity (Wildman–Crippen MR) is 120 cm³/mol. The first-order valence-corrected chi connectivity index (χ1v) is 10.7. The maximum absolute atomic E-state index is 6.53. The molecule has 0 N–H and O–H groups in total. The van der Waals surface area contributed by atoms with Crippen molar-refractivity contribution < 1.29 is 4.84 Å². The van der Waals surface area contributed by atoms with Crippen LogP contribution in [0.3, 0.4) is 0 Å². The number of hydroxylamine groups is 1. The van der Waals surface area contributed by atoms with Gasteiger partial charge in [-0.2, -0.15) is 5.06 Å². The summed E-state index contributed by atoms with van der Waals surface area (Å²) in [4.78, 5) is 8.60. The van der Waals surface area contributed by atoms with Crippen LogP contribution in [-0.4, -0.2) is 13.1 Å². The largest absolute Gasteiger partial charge is 0.383 e. The lowest BCUT2D eigenvalue weighted by Gasteiger charge is -2.29. The maximum atomic E-state index is 6.53. The molecule has 0 amide bonds. The summed E-state index contributed by atoms with van der Waals surface area (Å²) in [5, 5.41) is 3.24. The lowest BCUT2D eigenvalue weighted by atomic mass is 10.0. The normalized spacial score (nSPS) is 16.1. The van der Waals surface area contributed by atoms with Gasteiger partial charge < -0.3 is 9.74 Å². The SMILES string of the molecule is CCCC1=CC(c2c(Cl)cccc2Cl)N(c2ccc(N(CC)CC)cc2C)O1. The van der Waals surface area contributed by atoms with Crippen LogP contribution in [-0.2, 0) is 4.84 Å². The Hall–Kier alpha value is -1.84. The fraction of sp³-hybridized carbons (Fsp3) is 0.391. The molecule has 0 saturated carbocycles. The second-order valence-corrected chi connectivity index (χ2v) is 7.84. The van der Waals surface area contributed by atoms with Crippen molar-refractivity contribution in [3.05, 3.63) is 69.4 Å². The summed E-state index contributed by atoms with van der Waals surface area (Å²) in [5.41, 5.74) is 4.28. The van der Waals surface area contributed by atoms with Crippen molar-refractivity contribution in [3.63, 3.8) is 0 Å². The second-order valence-electron chi connectivity index (χ2n) is 7.02. The van der Waals surface area contributed by atoms with E-state index in [1.165, 1.54) is 5.69 Å². The summed E-state index contributed by atoms with van der Waals surface area (Å²) in [7, 11) is 0. The summed E-state index contributed by atoms with van der Waals surface area (Å²) in [5.74, 6) is 0.954. The summed E-state index contributed by atoms with van der Waals surface area (Å²) in [6, 6.07) is 12.0. The van der Waals surface area contributed by atoms with Crippen LogP contribution in [0.25, 0.3) is 0 Å². The second kappa shape index (κ2) is 9.11. The number of hydrogen-bond acceptors (Lipinski definition) is 3. The molecule has 0 aromatic heterocycles. The zero-order valence-electron chi connectivity index (χ0n) is 17.0. The van der Waals surface area contributed by atoms with E-state index in [4.69, 9.17) is 28.0 Å². The van der Waals surface area contributed by atoms with Gasteiger partial charge in [-0.15, -0.1) is 0 Å². The Morgan fingerprint density at radius 2 is 1.71 bits per heavy atom. The van der Waals surface area contributed by atoms with E-state index >= 15 is 0 Å². The zero-order valence-corrected chi connectivity index (χ0v) is 18.5. The summed E-state index contributed by atoms with van der Waals surface area (Å²) < 4.78 is 0. The molecule has 0 bridgehead atoms. The molecule has 0 saturated heterocycles. The van der Waals surface area contributed by atoms with Gasteiger partial charge in [-0.1, -0.05) is 36.2 Å². The summed E-state index contributed by atoms with van der Waals surface area (Å²) in [6.07, 6.45) is 4.03. The molecule has 5 heteroatoms. The Labute approximate surface area is 178 Å². The number of anilines is 2. The standard InChI is InChI=1S/C23H28Cl2N2O/c1-5-9-18-15-22(23-19(24)10-8-11-20(23)25)27(28-18)21-13-12-17(14-16(21)4)26(6-2)7-3/h8,10-15,22H,5-7,9H2,1-4H3. The number of nitrogens with zero attached hydrogens (tertiary/aromatic N) is 2. The van der Waals surface area contributed by atoms with Crippen molar-refractivity contribution in [1.82, 2.24) is 0 Å². The van der Waals surface area contributed by atoms with Crippen molar-refractivity contribution >= 4 is 34.6 Å². The molecular weight excluding hydrogens is 391 g/mol. The fourth-order valence-electron chi connectivity index (χ4n) is 3.70. The average molecular weight is 419 g/mol. The quantitative estimate of drug-likeness (QED) is 0.467. The molecule has 3 rings (SSSR count). The van der Waals surface area contributed by atoms with Gasteiger partial charge in [0.2, 0.25) is 0 Å². The number of benzene rings is 2. The van der Waals surface area contributed by atoms with Gasteiger partial charge >= 0.3 is 0 Å². The molecule has 1 atom stereocenters. The van der Waals surface area contributed by atoms with Crippen molar-refractivity contribution in [1.29, 1.82) is 0 Å². The smallest absolute Gasteiger partial charge is 0.131 e. The monoisotopic (exact) mass is 418 g/mol. The molecule has 0 aliphatic carbocycles.